The first-order valence-electron chi connectivity index (χ1n) is 4.19. The predicted molar refractivity (Wildman–Crippen MR) is 52.7 cm³/mol. The molecule has 4 nitrogen and oxygen atoms in total. The molecule has 0 saturated heterocycles. The molecule has 0 bridgehead atoms. The highest BCUT2D eigenvalue weighted by Gasteiger charge is 2.01. The second kappa shape index (κ2) is 8.04. The van der Waals surface area contributed by atoms with Gasteiger partial charge in [0.15, 0.2) is 0 Å². The van der Waals surface area contributed by atoms with E-state index in [1.807, 2.05) is 0 Å². The maximum Gasteiger partial charge on any atom is 0.305 e. The van der Waals surface area contributed by atoms with Gasteiger partial charge in [-0.2, -0.15) is 0 Å². The highest BCUT2D eigenvalue weighted by atomic mass is 79.9. The fourth-order valence-electron chi connectivity index (χ4n) is 0.741. The number of halogens is 1. The average molecular weight is 252 g/mol. The summed E-state index contributed by atoms with van der Waals surface area (Å²) in [5, 5.41) is 2.93. The SMILES string of the molecule is CCOC(=O)CCCNC(=O)CBr. The van der Waals surface area contributed by atoms with E-state index in [1.54, 1.807) is 6.92 Å². The molecule has 0 aromatic heterocycles. The molecule has 0 aliphatic rings. The molecular weight excluding hydrogens is 238 g/mol. The summed E-state index contributed by atoms with van der Waals surface area (Å²) in [5.41, 5.74) is 0. The van der Waals surface area contributed by atoms with E-state index < -0.39 is 0 Å². The van der Waals surface area contributed by atoms with Crippen LogP contribution in [-0.2, 0) is 14.3 Å². The van der Waals surface area contributed by atoms with Crippen LogP contribution in [0.4, 0.5) is 0 Å². The summed E-state index contributed by atoms with van der Waals surface area (Å²) in [6.07, 6.45) is 0.980. The van der Waals surface area contributed by atoms with Crippen LogP contribution in [0.2, 0.25) is 0 Å². The molecule has 0 radical (unpaired) electrons. The van der Waals surface area contributed by atoms with Gasteiger partial charge in [0.25, 0.3) is 0 Å². The second-order valence-electron chi connectivity index (χ2n) is 2.39. The van der Waals surface area contributed by atoms with Crippen molar-refractivity contribution in [3.05, 3.63) is 0 Å². The lowest BCUT2D eigenvalue weighted by molar-refractivity contribution is -0.143. The molecule has 13 heavy (non-hydrogen) atoms. The summed E-state index contributed by atoms with van der Waals surface area (Å²) in [7, 11) is 0. The predicted octanol–water partition coefficient (Wildman–Crippen LogP) is 0.841. The number of hydrogen-bond donors (Lipinski definition) is 1. The van der Waals surface area contributed by atoms with Gasteiger partial charge in [0.1, 0.15) is 0 Å². The fourth-order valence-corrected chi connectivity index (χ4v) is 0.939. The number of carbonyl (C=O) groups is 2. The smallest absolute Gasteiger partial charge is 0.305 e. The third kappa shape index (κ3) is 7.77. The molecule has 0 saturated carbocycles. The molecule has 0 aliphatic heterocycles. The summed E-state index contributed by atoms with van der Waals surface area (Å²) in [5.74, 6) is -0.278. The lowest BCUT2D eigenvalue weighted by atomic mass is 10.3. The molecule has 0 unspecified atom stereocenters. The molecule has 0 aromatic carbocycles. The van der Waals surface area contributed by atoms with Crippen molar-refractivity contribution in [2.45, 2.75) is 19.8 Å². The Kier molecular flexibility index (Phi) is 7.68. The molecule has 5 heteroatoms. The average Bonchev–Trinajstić information content (AvgIpc) is 2.12. The van der Waals surface area contributed by atoms with Gasteiger partial charge in [-0.3, -0.25) is 9.59 Å². The van der Waals surface area contributed by atoms with Gasteiger partial charge >= 0.3 is 5.97 Å². The Labute approximate surface area is 86.1 Å². The van der Waals surface area contributed by atoms with Crippen LogP contribution >= 0.6 is 15.9 Å². The van der Waals surface area contributed by atoms with Crippen molar-refractivity contribution < 1.29 is 14.3 Å². The zero-order valence-corrected chi connectivity index (χ0v) is 9.22. The van der Waals surface area contributed by atoms with Crippen LogP contribution < -0.4 is 5.32 Å². The van der Waals surface area contributed by atoms with Gasteiger partial charge in [0.05, 0.1) is 11.9 Å². The Morgan fingerprint density at radius 1 is 1.46 bits per heavy atom. The van der Waals surface area contributed by atoms with Gasteiger partial charge in [-0.1, -0.05) is 15.9 Å². The molecule has 1 N–H and O–H groups in total. The number of rotatable bonds is 6. The molecule has 0 atom stereocenters. The standard InChI is InChI=1S/C8H14BrNO3/c1-2-13-8(12)4-3-5-10-7(11)6-9/h2-6H2,1H3,(H,10,11). The van der Waals surface area contributed by atoms with Crippen LogP contribution in [0.1, 0.15) is 19.8 Å². The van der Waals surface area contributed by atoms with Gasteiger partial charge in [-0.25, -0.2) is 0 Å². The maximum atomic E-state index is 10.8. The number of carbonyl (C=O) groups excluding carboxylic acids is 2. The largest absolute Gasteiger partial charge is 0.466 e. The number of ether oxygens (including phenoxy) is 1. The Hall–Kier alpha value is -0.580. The zero-order valence-electron chi connectivity index (χ0n) is 7.64. The number of esters is 1. The zero-order chi connectivity index (χ0) is 10.1. The molecule has 0 aromatic rings. The normalized spacial score (nSPS) is 9.38. The van der Waals surface area contributed by atoms with Crippen LogP contribution in [0.3, 0.4) is 0 Å². The van der Waals surface area contributed by atoms with Crippen molar-refractivity contribution in [3.8, 4) is 0 Å². The van der Waals surface area contributed by atoms with Crippen LogP contribution in [0.25, 0.3) is 0 Å². The lowest BCUT2D eigenvalue weighted by Gasteiger charge is -2.02. The highest BCUT2D eigenvalue weighted by molar-refractivity contribution is 9.09. The third-order valence-corrected chi connectivity index (χ3v) is 1.82. The van der Waals surface area contributed by atoms with Gasteiger partial charge in [-0.15, -0.1) is 0 Å². The first-order chi connectivity index (χ1) is 6.20. The van der Waals surface area contributed by atoms with Gasteiger partial charge < -0.3 is 10.1 Å². The molecule has 76 valence electrons. The van der Waals surface area contributed by atoms with E-state index in [4.69, 9.17) is 4.74 Å². The van der Waals surface area contributed by atoms with E-state index >= 15 is 0 Å². The molecular formula is C8H14BrNO3. The summed E-state index contributed by atoms with van der Waals surface area (Å²) >= 11 is 3.02. The van der Waals surface area contributed by atoms with E-state index in [-0.39, 0.29) is 11.9 Å². The molecule has 0 aliphatic carbocycles. The van der Waals surface area contributed by atoms with Crippen molar-refractivity contribution in [1.82, 2.24) is 5.32 Å². The van der Waals surface area contributed by atoms with Crippen molar-refractivity contribution in [3.63, 3.8) is 0 Å². The Morgan fingerprint density at radius 2 is 2.15 bits per heavy atom. The van der Waals surface area contributed by atoms with Gasteiger partial charge in [0, 0.05) is 13.0 Å². The number of hydrogen-bond acceptors (Lipinski definition) is 3. The van der Waals surface area contributed by atoms with Crippen LogP contribution in [-0.4, -0.2) is 30.4 Å². The van der Waals surface area contributed by atoms with Crippen molar-refractivity contribution in [2.24, 2.45) is 0 Å². The quantitative estimate of drug-likeness (QED) is 0.433. The van der Waals surface area contributed by atoms with Crippen molar-refractivity contribution in [1.29, 1.82) is 0 Å². The Balaban J connectivity index is 3.25. The van der Waals surface area contributed by atoms with Gasteiger partial charge in [-0.05, 0) is 13.3 Å². The highest BCUT2D eigenvalue weighted by Crippen LogP contribution is 1.91. The van der Waals surface area contributed by atoms with Crippen LogP contribution in [0.15, 0.2) is 0 Å². The lowest BCUT2D eigenvalue weighted by Crippen LogP contribution is -2.25. The third-order valence-electron chi connectivity index (χ3n) is 1.31. The van der Waals surface area contributed by atoms with Crippen molar-refractivity contribution >= 4 is 27.8 Å². The Morgan fingerprint density at radius 3 is 2.69 bits per heavy atom. The summed E-state index contributed by atoms with van der Waals surface area (Å²) in [6, 6.07) is 0. The topological polar surface area (TPSA) is 55.4 Å². The van der Waals surface area contributed by atoms with Crippen LogP contribution in [0, 0.1) is 0 Å². The molecule has 0 fully saturated rings. The van der Waals surface area contributed by atoms with E-state index in [0.29, 0.717) is 31.3 Å². The number of nitrogens with one attached hydrogen (secondary N) is 1. The minimum Gasteiger partial charge on any atom is -0.466 e. The summed E-state index contributed by atoms with van der Waals surface area (Å²) < 4.78 is 4.71. The molecule has 0 spiro atoms. The second-order valence-corrected chi connectivity index (χ2v) is 2.95. The van der Waals surface area contributed by atoms with E-state index in [0.717, 1.165) is 0 Å². The van der Waals surface area contributed by atoms with E-state index in [9.17, 15) is 9.59 Å². The van der Waals surface area contributed by atoms with Crippen molar-refractivity contribution in [2.75, 3.05) is 18.5 Å². The summed E-state index contributed by atoms with van der Waals surface area (Å²) in [6.45, 7) is 2.69. The molecule has 0 heterocycles. The summed E-state index contributed by atoms with van der Waals surface area (Å²) in [4.78, 5) is 21.5. The Bertz CT molecular complexity index is 173. The first-order valence-corrected chi connectivity index (χ1v) is 5.31. The molecule has 1 amide bonds. The fraction of sp³-hybridized carbons (Fsp3) is 0.750. The minimum atomic E-state index is -0.212. The number of amides is 1. The van der Waals surface area contributed by atoms with E-state index in [1.165, 1.54) is 0 Å². The maximum absolute atomic E-state index is 10.8. The van der Waals surface area contributed by atoms with Gasteiger partial charge in [0.2, 0.25) is 5.91 Å². The minimum absolute atomic E-state index is 0.0659. The first kappa shape index (κ1) is 12.4. The van der Waals surface area contributed by atoms with E-state index in [2.05, 4.69) is 21.2 Å². The monoisotopic (exact) mass is 251 g/mol. The van der Waals surface area contributed by atoms with Crippen LogP contribution in [0.5, 0.6) is 0 Å². The molecule has 0 rings (SSSR count). The number of alkyl halides is 1.